The van der Waals surface area contributed by atoms with Gasteiger partial charge >= 0.3 is 6.18 Å². The number of halogens is 4. The SMILES string of the molecule is Fc1ccccc1N1CCN(C2CN(c3cccc(C(F)(F)F)c3)CCN2)CC1. The first kappa shape index (κ1) is 20.0. The molecule has 2 aliphatic rings. The first-order valence-corrected chi connectivity index (χ1v) is 9.81. The molecule has 4 rings (SSSR count). The molecule has 2 heterocycles. The van der Waals surface area contributed by atoms with Crippen LogP contribution in [0.15, 0.2) is 48.5 Å². The number of hydrogen-bond donors (Lipinski definition) is 1. The Labute approximate surface area is 167 Å². The van der Waals surface area contributed by atoms with Crippen molar-refractivity contribution in [3.8, 4) is 0 Å². The van der Waals surface area contributed by atoms with E-state index in [1.54, 1.807) is 18.2 Å². The smallest absolute Gasteiger partial charge is 0.367 e. The highest BCUT2D eigenvalue weighted by Gasteiger charge is 2.32. The summed E-state index contributed by atoms with van der Waals surface area (Å²) in [6, 6.07) is 12.3. The summed E-state index contributed by atoms with van der Waals surface area (Å²) in [6.07, 6.45) is -4.28. The third-order valence-corrected chi connectivity index (χ3v) is 5.64. The predicted octanol–water partition coefficient (Wildman–Crippen LogP) is 3.40. The average molecular weight is 408 g/mol. The minimum absolute atomic E-state index is 0.0565. The molecule has 156 valence electrons. The van der Waals surface area contributed by atoms with Gasteiger partial charge in [-0.25, -0.2) is 4.39 Å². The van der Waals surface area contributed by atoms with E-state index in [4.69, 9.17) is 0 Å². The van der Waals surface area contributed by atoms with Crippen LogP contribution >= 0.6 is 0 Å². The van der Waals surface area contributed by atoms with Crippen molar-refractivity contribution in [1.82, 2.24) is 10.2 Å². The quantitative estimate of drug-likeness (QED) is 0.786. The molecule has 0 spiro atoms. The zero-order valence-electron chi connectivity index (χ0n) is 16.0. The molecule has 2 aromatic carbocycles. The van der Waals surface area contributed by atoms with E-state index in [-0.39, 0.29) is 12.0 Å². The maximum Gasteiger partial charge on any atom is 0.416 e. The minimum atomic E-state index is -4.34. The lowest BCUT2D eigenvalue weighted by atomic mass is 10.1. The minimum Gasteiger partial charge on any atom is -0.367 e. The Morgan fingerprint density at radius 1 is 0.862 bits per heavy atom. The Hall–Kier alpha value is -2.32. The Kier molecular flexibility index (Phi) is 5.65. The molecule has 1 unspecified atom stereocenters. The number of hydrogen-bond acceptors (Lipinski definition) is 4. The molecule has 2 aromatic rings. The van der Waals surface area contributed by atoms with Crippen LogP contribution in [-0.2, 0) is 6.18 Å². The van der Waals surface area contributed by atoms with Gasteiger partial charge in [0.15, 0.2) is 0 Å². The van der Waals surface area contributed by atoms with Crippen molar-refractivity contribution in [2.24, 2.45) is 0 Å². The summed E-state index contributed by atoms with van der Waals surface area (Å²) in [5.41, 5.74) is 0.592. The van der Waals surface area contributed by atoms with Crippen LogP contribution < -0.4 is 15.1 Å². The Morgan fingerprint density at radius 3 is 2.34 bits per heavy atom. The number of nitrogens with one attached hydrogen (secondary N) is 1. The summed E-state index contributed by atoms with van der Waals surface area (Å²) >= 11 is 0. The Morgan fingerprint density at radius 2 is 1.62 bits per heavy atom. The van der Waals surface area contributed by atoms with E-state index >= 15 is 0 Å². The summed E-state index contributed by atoms with van der Waals surface area (Å²) < 4.78 is 53.1. The van der Waals surface area contributed by atoms with Crippen LogP contribution in [0, 0.1) is 5.82 Å². The molecule has 0 radical (unpaired) electrons. The third-order valence-electron chi connectivity index (χ3n) is 5.64. The first-order valence-electron chi connectivity index (χ1n) is 9.81. The van der Waals surface area contributed by atoms with E-state index in [0.717, 1.165) is 19.2 Å². The van der Waals surface area contributed by atoms with Gasteiger partial charge in [-0.3, -0.25) is 10.2 Å². The molecule has 8 heteroatoms. The van der Waals surface area contributed by atoms with E-state index in [0.29, 0.717) is 44.1 Å². The summed E-state index contributed by atoms with van der Waals surface area (Å²) in [5.74, 6) is -0.215. The lowest BCUT2D eigenvalue weighted by molar-refractivity contribution is -0.137. The van der Waals surface area contributed by atoms with Crippen molar-refractivity contribution in [3.63, 3.8) is 0 Å². The van der Waals surface area contributed by atoms with Crippen LogP contribution in [0.25, 0.3) is 0 Å². The van der Waals surface area contributed by atoms with Crippen molar-refractivity contribution < 1.29 is 17.6 Å². The molecule has 2 aliphatic heterocycles. The van der Waals surface area contributed by atoms with Crippen molar-refractivity contribution in [3.05, 3.63) is 59.9 Å². The van der Waals surface area contributed by atoms with Crippen LogP contribution in [0.5, 0.6) is 0 Å². The number of para-hydroxylation sites is 1. The zero-order chi connectivity index (χ0) is 20.4. The van der Waals surface area contributed by atoms with Gasteiger partial charge in [-0.05, 0) is 30.3 Å². The van der Waals surface area contributed by atoms with Crippen molar-refractivity contribution in [1.29, 1.82) is 0 Å². The van der Waals surface area contributed by atoms with Gasteiger partial charge in [-0.1, -0.05) is 18.2 Å². The number of anilines is 2. The van der Waals surface area contributed by atoms with E-state index < -0.39 is 11.7 Å². The molecule has 2 saturated heterocycles. The van der Waals surface area contributed by atoms with Crippen LogP contribution in [-0.4, -0.2) is 56.9 Å². The second-order valence-electron chi connectivity index (χ2n) is 7.44. The fourth-order valence-corrected chi connectivity index (χ4v) is 4.07. The molecule has 0 bridgehead atoms. The van der Waals surface area contributed by atoms with Crippen LogP contribution in [0.2, 0.25) is 0 Å². The first-order chi connectivity index (χ1) is 13.9. The highest BCUT2D eigenvalue weighted by molar-refractivity contribution is 5.50. The second-order valence-corrected chi connectivity index (χ2v) is 7.44. The number of nitrogens with zero attached hydrogens (tertiary/aromatic N) is 3. The fourth-order valence-electron chi connectivity index (χ4n) is 4.07. The number of rotatable bonds is 3. The van der Waals surface area contributed by atoms with Crippen LogP contribution in [0.1, 0.15) is 5.56 Å². The van der Waals surface area contributed by atoms with Crippen LogP contribution in [0.4, 0.5) is 28.9 Å². The van der Waals surface area contributed by atoms with E-state index in [1.807, 2.05) is 15.9 Å². The number of piperazine rings is 2. The van der Waals surface area contributed by atoms with E-state index in [9.17, 15) is 17.6 Å². The molecule has 29 heavy (non-hydrogen) atoms. The maximum atomic E-state index is 14.0. The van der Waals surface area contributed by atoms with Gasteiger partial charge in [-0.15, -0.1) is 0 Å². The van der Waals surface area contributed by atoms with Gasteiger partial charge in [0.05, 0.1) is 17.4 Å². The second kappa shape index (κ2) is 8.20. The lowest BCUT2D eigenvalue weighted by Crippen LogP contribution is -2.62. The molecule has 0 aliphatic carbocycles. The van der Waals surface area contributed by atoms with Crippen molar-refractivity contribution in [2.75, 3.05) is 55.6 Å². The molecule has 4 nitrogen and oxygen atoms in total. The van der Waals surface area contributed by atoms with E-state index in [2.05, 4.69) is 10.2 Å². The molecular formula is C21H24F4N4. The summed E-state index contributed by atoms with van der Waals surface area (Å²) in [7, 11) is 0. The average Bonchev–Trinajstić information content (AvgIpc) is 2.74. The Balaban J connectivity index is 1.39. The standard InChI is InChI=1S/C21H24F4N4/c22-18-6-1-2-7-19(18)27-10-12-28(13-11-27)20-15-29(9-8-26-20)17-5-3-4-16(14-17)21(23,24)25/h1-7,14,20,26H,8-13,15H2. The maximum absolute atomic E-state index is 14.0. The van der Waals surface area contributed by atoms with E-state index in [1.165, 1.54) is 18.2 Å². The number of benzene rings is 2. The van der Waals surface area contributed by atoms with Gasteiger partial charge in [0.25, 0.3) is 0 Å². The van der Waals surface area contributed by atoms with Crippen molar-refractivity contribution in [2.45, 2.75) is 12.3 Å². The third kappa shape index (κ3) is 4.48. The van der Waals surface area contributed by atoms with Crippen LogP contribution in [0.3, 0.4) is 0 Å². The predicted molar refractivity (Wildman–Crippen MR) is 106 cm³/mol. The van der Waals surface area contributed by atoms with Gasteiger partial charge in [0.2, 0.25) is 0 Å². The lowest BCUT2D eigenvalue weighted by Gasteiger charge is -2.45. The summed E-state index contributed by atoms with van der Waals surface area (Å²) in [6.45, 7) is 4.93. The van der Waals surface area contributed by atoms with Gasteiger partial charge < -0.3 is 9.80 Å². The summed E-state index contributed by atoms with van der Waals surface area (Å²) in [4.78, 5) is 6.33. The van der Waals surface area contributed by atoms with Gasteiger partial charge in [-0.2, -0.15) is 13.2 Å². The molecule has 0 amide bonds. The monoisotopic (exact) mass is 408 g/mol. The fraction of sp³-hybridized carbons (Fsp3) is 0.429. The van der Waals surface area contributed by atoms with Gasteiger partial charge in [0.1, 0.15) is 5.82 Å². The molecule has 0 saturated carbocycles. The molecule has 1 N–H and O–H groups in total. The highest BCUT2D eigenvalue weighted by atomic mass is 19.4. The normalized spacial score (nSPS) is 21.4. The molecule has 0 aromatic heterocycles. The zero-order valence-corrected chi connectivity index (χ0v) is 16.0. The largest absolute Gasteiger partial charge is 0.416 e. The molecule has 1 atom stereocenters. The van der Waals surface area contributed by atoms with Gasteiger partial charge in [0, 0.05) is 51.5 Å². The molecule has 2 fully saturated rings. The van der Waals surface area contributed by atoms with Crippen molar-refractivity contribution >= 4 is 11.4 Å². The highest BCUT2D eigenvalue weighted by Crippen LogP contribution is 2.32. The summed E-state index contributed by atoms with van der Waals surface area (Å²) in [5, 5.41) is 3.47. The Bertz CT molecular complexity index is 833. The topological polar surface area (TPSA) is 21.8 Å². The number of alkyl halides is 3. The molecular weight excluding hydrogens is 384 g/mol.